The first kappa shape index (κ1) is 27.3. The number of rotatable bonds is 19. The van der Waals surface area contributed by atoms with Crippen molar-refractivity contribution in [3.8, 4) is 0 Å². The Hall–Kier alpha value is -0.870. The average molecular weight is 371 g/mol. The minimum absolute atomic E-state index is 0. The number of nitrogens with two attached hydrogens (primary N) is 1. The van der Waals surface area contributed by atoms with Gasteiger partial charge in [-0.2, -0.15) is 0 Å². The van der Waals surface area contributed by atoms with E-state index in [0.29, 0.717) is 6.42 Å². The maximum Gasteiger partial charge on any atom is 0.233 e. The van der Waals surface area contributed by atoms with E-state index in [9.17, 15) is 4.79 Å². The fourth-order valence-corrected chi connectivity index (χ4v) is 3.14. The van der Waals surface area contributed by atoms with Gasteiger partial charge in [0, 0.05) is 6.42 Å². The zero-order chi connectivity index (χ0) is 18.4. The summed E-state index contributed by atoms with van der Waals surface area (Å²) in [6.07, 6.45) is 27.8. The highest BCUT2D eigenvalue weighted by atomic mass is 16.2. The van der Waals surface area contributed by atoms with Gasteiger partial charge in [-0.05, 0) is 32.1 Å². The first-order valence-corrected chi connectivity index (χ1v) is 11.0. The van der Waals surface area contributed by atoms with Crippen LogP contribution in [0.4, 0.5) is 0 Å². The molecule has 0 unspecified atom stereocenters. The molecule has 0 saturated heterocycles. The van der Waals surface area contributed by atoms with Gasteiger partial charge in [0.25, 0.3) is 0 Å². The van der Waals surface area contributed by atoms with Crippen LogP contribution < -0.4 is 11.3 Å². The van der Waals surface area contributed by atoms with E-state index in [-0.39, 0.29) is 11.4 Å². The molecule has 0 aromatic heterocycles. The summed E-state index contributed by atoms with van der Waals surface area (Å²) in [5, 5.41) is 0. The smallest absolute Gasteiger partial charge is 0.233 e. The minimum Gasteiger partial charge on any atom is -0.412 e. The SMILES string of the molecule is CCCCCCCC/C=C\CCCCCCCCCCCC(=O)NN.O. The van der Waals surface area contributed by atoms with Crippen molar-refractivity contribution in [2.24, 2.45) is 5.84 Å². The summed E-state index contributed by atoms with van der Waals surface area (Å²) >= 11 is 0. The summed E-state index contributed by atoms with van der Waals surface area (Å²) in [6.45, 7) is 2.27. The molecule has 0 aliphatic carbocycles. The molecule has 0 radical (unpaired) electrons. The van der Waals surface area contributed by atoms with Crippen molar-refractivity contribution in [1.29, 1.82) is 0 Å². The third kappa shape index (κ3) is 23.1. The van der Waals surface area contributed by atoms with E-state index >= 15 is 0 Å². The predicted octanol–water partition coefficient (Wildman–Crippen LogP) is 5.75. The van der Waals surface area contributed by atoms with E-state index < -0.39 is 0 Å². The van der Waals surface area contributed by atoms with E-state index in [1.807, 2.05) is 0 Å². The number of carbonyl (C=O) groups is 1. The highest BCUT2D eigenvalue weighted by molar-refractivity contribution is 5.74. The number of hydrazine groups is 1. The van der Waals surface area contributed by atoms with E-state index in [1.165, 1.54) is 96.3 Å². The zero-order valence-corrected chi connectivity index (χ0v) is 17.4. The number of hydrogen-bond donors (Lipinski definition) is 2. The molecule has 1 amide bonds. The summed E-state index contributed by atoms with van der Waals surface area (Å²) in [7, 11) is 0. The molecule has 0 rings (SSSR count). The van der Waals surface area contributed by atoms with Crippen molar-refractivity contribution >= 4 is 5.91 Å². The van der Waals surface area contributed by atoms with E-state index in [1.54, 1.807) is 0 Å². The molecular weight excluding hydrogens is 324 g/mol. The van der Waals surface area contributed by atoms with Crippen molar-refractivity contribution in [2.75, 3.05) is 0 Å². The summed E-state index contributed by atoms with van der Waals surface area (Å²) in [5.74, 6) is 5.01. The number of hydrogen-bond acceptors (Lipinski definition) is 2. The van der Waals surface area contributed by atoms with E-state index in [4.69, 9.17) is 5.84 Å². The molecule has 0 aromatic rings. The second-order valence-corrected chi connectivity index (χ2v) is 7.32. The molecule has 26 heavy (non-hydrogen) atoms. The van der Waals surface area contributed by atoms with Gasteiger partial charge >= 0.3 is 0 Å². The summed E-state index contributed by atoms with van der Waals surface area (Å²) in [5.41, 5.74) is 2.18. The molecule has 0 atom stereocenters. The van der Waals surface area contributed by atoms with Crippen LogP contribution in [0.15, 0.2) is 12.2 Å². The molecule has 0 aromatic carbocycles. The fraction of sp³-hybridized carbons (Fsp3) is 0.864. The van der Waals surface area contributed by atoms with Gasteiger partial charge < -0.3 is 5.48 Å². The van der Waals surface area contributed by atoms with Gasteiger partial charge in [0.15, 0.2) is 0 Å². The largest absolute Gasteiger partial charge is 0.412 e. The van der Waals surface area contributed by atoms with Crippen molar-refractivity contribution in [3.05, 3.63) is 12.2 Å². The fourth-order valence-electron chi connectivity index (χ4n) is 3.14. The monoisotopic (exact) mass is 370 g/mol. The van der Waals surface area contributed by atoms with Crippen molar-refractivity contribution < 1.29 is 10.3 Å². The average Bonchev–Trinajstić information content (AvgIpc) is 2.63. The maximum atomic E-state index is 11.0. The number of unbranched alkanes of at least 4 members (excludes halogenated alkanes) is 15. The van der Waals surface area contributed by atoms with Gasteiger partial charge in [0.1, 0.15) is 0 Å². The molecule has 0 aliphatic heterocycles. The third-order valence-electron chi connectivity index (χ3n) is 4.83. The van der Waals surface area contributed by atoms with Crippen molar-refractivity contribution in [2.45, 2.75) is 122 Å². The molecule has 0 heterocycles. The lowest BCUT2D eigenvalue weighted by molar-refractivity contribution is -0.121. The zero-order valence-electron chi connectivity index (χ0n) is 17.4. The quantitative estimate of drug-likeness (QED) is 0.0997. The lowest BCUT2D eigenvalue weighted by atomic mass is 10.1. The van der Waals surface area contributed by atoms with Crippen molar-refractivity contribution in [1.82, 2.24) is 5.43 Å². The number of carbonyl (C=O) groups excluding carboxylic acids is 1. The van der Waals surface area contributed by atoms with Gasteiger partial charge in [-0.25, -0.2) is 5.84 Å². The molecule has 4 heteroatoms. The van der Waals surface area contributed by atoms with Gasteiger partial charge in [0.05, 0.1) is 0 Å². The Balaban J connectivity index is 0. The molecule has 0 aliphatic rings. The van der Waals surface area contributed by atoms with Gasteiger partial charge in [-0.15, -0.1) is 0 Å². The van der Waals surface area contributed by atoms with Gasteiger partial charge in [-0.1, -0.05) is 96.1 Å². The van der Waals surface area contributed by atoms with Crippen LogP contribution in [0.25, 0.3) is 0 Å². The van der Waals surface area contributed by atoms with Crippen LogP contribution in [0, 0.1) is 0 Å². The number of nitrogens with one attached hydrogen (secondary N) is 1. The Kier molecular flexibility index (Phi) is 25.4. The van der Waals surface area contributed by atoms with E-state index in [0.717, 1.165) is 12.8 Å². The van der Waals surface area contributed by atoms with Gasteiger partial charge in [-0.3, -0.25) is 10.2 Å². The molecule has 4 nitrogen and oxygen atoms in total. The Morgan fingerprint density at radius 2 is 1.08 bits per heavy atom. The summed E-state index contributed by atoms with van der Waals surface area (Å²) in [4.78, 5) is 11.0. The first-order chi connectivity index (χ1) is 12.3. The molecule has 5 N–H and O–H groups in total. The molecule has 156 valence electrons. The lowest BCUT2D eigenvalue weighted by Gasteiger charge is -2.02. The summed E-state index contributed by atoms with van der Waals surface area (Å²) < 4.78 is 0. The molecular formula is C22H46N2O2. The molecule has 0 bridgehead atoms. The summed E-state index contributed by atoms with van der Waals surface area (Å²) in [6, 6.07) is 0. The van der Waals surface area contributed by atoms with Crippen molar-refractivity contribution in [3.63, 3.8) is 0 Å². The Bertz CT molecular complexity index is 307. The minimum atomic E-state index is -0.0407. The number of amides is 1. The molecule has 0 spiro atoms. The Morgan fingerprint density at radius 3 is 1.50 bits per heavy atom. The topological polar surface area (TPSA) is 86.6 Å². The standard InChI is InChI=1S/C22H44N2O.H2O/c1-2-3-4-5-6-7-8-9-10-11-12-13-14-15-16-17-18-19-20-21-22(25)24-23;/h9-10H,2-8,11-21,23H2,1H3,(H,24,25);1H2/b10-9-;. The third-order valence-corrected chi connectivity index (χ3v) is 4.83. The van der Waals surface area contributed by atoms with Crippen LogP contribution in [0.5, 0.6) is 0 Å². The van der Waals surface area contributed by atoms with Crippen LogP contribution in [0.3, 0.4) is 0 Å². The molecule has 0 fully saturated rings. The molecule has 0 saturated carbocycles. The van der Waals surface area contributed by atoms with Crippen LogP contribution >= 0.6 is 0 Å². The lowest BCUT2D eigenvalue weighted by Crippen LogP contribution is -2.29. The number of allylic oxidation sites excluding steroid dienone is 2. The Labute approximate surface area is 162 Å². The van der Waals surface area contributed by atoms with Crippen LogP contribution in [0.2, 0.25) is 0 Å². The van der Waals surface area contributed by atoms with Crippen LogP contribution in [0.1, 0.15) is 122 Å². The second-order valence-electron chi connectivity index (χ2n) is 7.32. The first-order valence-electron chi connectivity index (χ1n) is 11.0. The normalized spacial score (nSPS) is 10.8. The highest BCUT2D eigenvalue weighted by Gasteiger charge is 1.97. The predicted molar refractivity (Wildman–Crippen MR) is 114 cm³/mol. The van der Waals surface area contributed by atoms with E-state index in [2.05, 4.69) is 24.5 Å². The van der Waals surface area contributed by atoms with Crippen LogP contribution in [-0.4, -0.2) is 11.4 Å². The highest BCUT2D eigenvalue weighted by Crippen LogP contribution is 2.12. The second kappa shape index (κ2) is 24.1. The maximum absolute atomic E-state index is 11.0. The van der Waals surface area contributed by atoms with Crippen LogP contribution in [-0.2, 0) is 4.79 Å². The van der Waals surface area contributed by atoms with Gasteiger partial charge in [0.2, 0.25) is 5.91 Å². The Morgan fingerprint density at radius 1 is 0.692 bits per heavy atom.